The lowest BCUT2D eigenvalue weighted by Crippen LogP contribution is -2.34. The summed E-state index contributed by atoms with van der Waals surface area (Å²) in [5, 5.41) is 5.86. The molecule has 0 unspecified atom stereocenters. The second kappa shape index (κ2) is 6.97. The molecule has 0 spiro atoms. The summed E-state index contributed by atoms with van der Waals surface area (Å²) in [7, 11) is 0. The van der Waals surface area contributed by atoms with Crippen molar-refractivity contribution in [2.45, 2.75) is 0 Å². The van der Waals surface area contributed by atoms with Crippen molar-refractivity contribution >= 4 is 60.8 Å². The molecule has 0 saturated heterocycles. The molecule has 0 aliphatic rings. The molecule has 2 rings (SSSR count). The van der Waals surface area contributed by atoms with Gasteiger partial charge in [0.25, 0.3) is 5.91 Å². The van der Waals surface area contributed by atoms with E-state index in [9.17, 15) is 4.79 Å². The van der Waals surface area contributed by atoms with Crippen molar-refractivity contribution in [3.63, 3.8) is 0 Å². The average molecular weight is 414 g/mol. The van der Waals surface area contributed by atoms with Crippen molar-refractivity contribution in [3.05, 3.63) is 63.0 Å². The first-order chi connectivity index (χ1) is 9.56. The quantitative estimate of drug-likeness (QED) is 0.719. The number of anilines is 1. The largest absolute Gasteiger partial charge is 0.331 e. The van der Waals surface area contributed by atoms with Gasteiger partial charge in [-0.3, -0.25) is 10.1 Å². The number of rotatable bonds is 2. The Bertz CT molecular complexity index is 647. The molecule has 0 aliphatic carbocycles. The molecule has 0 aliphatic heterocycles. The van der Waals surface area contributed by atoms with Crippen molar-refractivity contribution in [2.24, 2.45) is 0 Å². The zero-order valence-electron chi connectivity index (χ0n) is 10.2. The van der Waals surface area contributed by atoms with Gasteiger partial charge in [0.15, 0.2) is 5.11 Å². The van der Waals surface area contributed by atoms with Crippen LogP contribution in [0, 0.1) is 0 Å². The number of hydrogen-bond donors (Lipinski definition) is 2. The Morgan fingerprint density at radius 2 is 1.75 bits per heavy atom. The summed E-state index contributed by atoms with van der Waals surface area (Å²) in [5.41, 5.74) is 1.35. The van der Waals surface area contributed by atoms with Gasteiger partial charge in [-0.25, -0.2) is 0 Å². The van der Waals surface area contributed by atoms with Gasteiger partial charge in [0.1, 0.15) is 0 Å². The Balaban J connectivity index is 2.01. The zero-order valence-corrected chi connectivity index (χ0v) is 14.2. The fraction of sp³-hybridized carbons (Fsp3) is 0. The molecule has 0 radical (unpaired) electrons. The molecule has 3 nitrogen and oxygen atoms in total. The molecule has 0 aromatic heterocycles. The Labute approximate surface area is 139 Å². The van der Waals surface area contributed by atoms with Crippen LogP contribution in [0.2, 0.25) is 0 Å². The minimum absolute atomic E-state index is 0.240. The molecular weight excluding hydrogens is 404 g/mol. The fourth-order valence-electron chi connectivity index (χ4n) is 1.51. The van der Waals surface area contributed by atoms with Gasteiger partial charge in [0.2, 0.25) is 0 Å². The number of benzene rings is 2. The predicted octanol–water partition coefficient (Wildman–Crippen LogP) is 4.34. The third kappa shape index (κ3) is 4.13. The minimum atomic E-state index is -0.240. The number of nitrogens with one attached hydrogen (secondary N) is 2. The summed E-state index contributed by atoms with van der Waals surface area (Å²) >= 11 is 11.9. The first kappa shape index (κ1) is 15.2. The Morgan fingerprint density at radius 1 is 1.05 bits per heavy atom. The van der Waals surface area contributed by atoms with Crippen LogP contribution in [0.1, 0.15) is 10.4 Å². The Morgan fingerprint density at radius 3 is 2.40 bits per heavy atom. The van der Waals surface area contributed by atoms with Gasteiger partial charge in [0.05, 0.1) is 5.69 Å². The molecule has 0 atom stereocenters. The smallest absolute Gasteiger partial charge is 0.257 e. The van der Waals surface area contributed by atoms with Crippen LogP contribution in [0.15, 0.2) is 57.5 Å². The molecule has 0 bridgehead atoms. The van der Waals surface area contributed by atoms with E-state index in [0.29, 0.717) is 5.56 Å². The van der Waals surface area contributed by atoms with Crippen LogP contribution < -0.4 is 10.6 Å². The number of thiocarbonyl (C=S) groups is 1. The maximum absolute atomic E-state index is 11.9. The Kier molecular flexibility index (Phi) is 5.28. The highest BCUT2D eigenvalue weighted by molar-refractivity contribution is 9.11. The summed E-state index contributed by atoms with van der Waals surface area (Å²) in [5.74, 6) is -0.240. The van der Waals surface area contributed by atoms with Crippen LogP contribution in [-0.4, -0.2) is 11.0 Å². The van der Waals surface area contributed by atoms with E-state index >= 15 is 0 Å². The highest BCUT2D eigenvalue weighted by Gasteiger charge is 2.08. The third-order valence-corrected chi connectivity index (χ3v) is 3.80. The summed E-state index contributed by atoms with van der Waals surface area (Å²) in [4.78, 5) is 11.9. The molecule has 2 N–H and O–H groups in total. The van der Waals surface area contributed by atoms with E-state index in [4.69, 9.17) is 12.2 Å². The normalized spacial score (nSPS) is 9.90. The highest BCUT2D eigenvalue weighted by atomic mass is 79.9. The molecule has 1 amide bonds. The minimum Gasteiger partial charge on any atom is -0.331 e. The van der Waals surface area contributed by atoms with Crippen molar-refractivity contribution in [1.82, 2.24) is 5.32 Å². The van der Waals surface area contributed by atoms with Gasteiger partial charge in [-0.2, -0.15) is 0 Å². The molecule has 0 fully saturated rings. The van der Waals surface area contributed by atoms with Gasteiger partial charge in [-0.15, -0.1) is 0 Å². The van der Waals surface area contributed by atoms with Gasteiger partial charge in [0, 0.05) is 14.5 Å². The van der Waals surface area contributed by atoms with Crippen LogP contribution in [0.25, 0.3) is 0 Å². The lowest BCUT2D eigenvalue weighted by molar-refractivity contribution is 0.0978. The fourth-order valence-corrected chi connectivity index (χ4v) is 2.86. The SMILES string of the molecule is O=C(NC(=S)Nc1ccc(Br)cc1Br)c1ccccc1. The predicted molar refractivity (Wildman–Crippen MR) is 92.0 cm³/mol. The van der Waals surface area contributed by atoms with Crippen LogP contribution in [-0.2, 0) is 0 Å². The summed E-state index contributed by atoms with van der Waals surface area (Å²) in [6.07, 6.45) is 0. The lowest BCUT2D eigenvalue weighted by Gasteiger charge is -2.11. The van der Waals surface area contributed by atoms with Gasteiger partial charge in [-0.1, -0.05) is 34.1 Å². The first-order valence-corrected chi connectivity index (χ1v) is 7.68. The van der Waals surface area contributed by atoms with E-state index in [1.54, 1.807) is 24.3 Å². The maximum atomic E-state index is 11.9. The monoisotopic (exact) mass is 412 g/mol. The van der Waals surface area contributed by atoms with Crippen molar-refractivity contribution in [3.8, 4) is 0 Å². The molecule has 2 aromatic carbocycles. The molecule has 102 valence electrons. The zero-order chi connectivity index (χ0) is 14.5. The summed E-state index contributed by atoms with van der Waals surface area (Å²) in [6, 6.07) is 14.6. The van der Waals surface area contributed by atoms with Crippen molar-refractivity contribution in [1.29, 1.82) is 0 Å². The standard InChI is InChI=1S/C14H10Br2N2OS/c15-10-6-7-12(11(16)8-10)17-14(20)18-13(19)9-4-2-1-3-5-9/h1-8H,(H2,17,18,19,20). The molecule has 2 aromatic rings. The third-order valence-electron chi connectivity index (χ3n) is 2.44. The second-order valence-corrected chi connectivity index (χ2v) is 6.08. The van der Waals surface area contributed by atoms with Crippen LogP contribution in [0.4, 0.5) is 5.69 Å². The van der Waals surface area contributed by atoms with E-state index in [1.807, 2.05) is 24.3 Å². The second-order valence-electron chi connectivity index (χ2n) is 3.90. The first-order valence-electron chi connectivity index (χ1n) is 5.68. The van der Waals surface area contributed by atoms with Crippen molar-refractivity contribution in [2.75, 3.05) is 5.32 Å². The van der Waals surface area contributed by atoms with E-state index in [2.05, 4.69) is 42.5 Å². The number of amides is 1. The average Bonchev–Trinajstić information content (AvgIpc) is 2.43. The topological polar surface area (TPSA) is 41.1 Å². The molecule has 0 saturated carbocycles. The van der Waals surface area contributed by atoms with Crippen LogP contribution in [0.5, 0.6) is 0 Å². The summed E-state index contributed by atoms with van der Waals surface area (Å²) in [6.45, 7) is 0. The molecule has 0 heterocycles. The van der Waals surface area contributed by atoms with E-state index in [1.165, 1.54) is 0 Å². The van der Waals surface area contributed by atoms with E-state index in [-0.39, 0.29) is 11.0 Å². The van der Waals surface area contributed by atoms with Gasteiger partial charge in [-0.05, 0) is 58.5 Å². The van der Waals surface area contributed by atoms with Crippen LogP contribution in [0.3, 0.4) is 0 Å². The van der Waals surface area contributed by atoms with Gasteiger partial charge < -0.3 is 5.32 Å². The molecule has 6 heteroatoms. The summed E-state index contributed by atoms with van der Waals surface area (Å²) < 4.78 is 1.80. The maximum Gasteiger partial charge on any atom is 0.257 e. The van der Waals surface area contributed by atoms with Crippen LogP contribution >= 0.6 is 44.1 Å². The number of halogens is 2. The number of carbonyl (C=O) groups excluding carboxylic acids is 1. The molecular formula is C14H10Br2N2OS. The van der Waals surface area contributed by atoms with E-state index in [0.717, 1.165) is 14.6 Å². The Hall–Kier alpha value is -1.24. The number of carbonyl (C=O) groups is 1. The van der Waals surface area contributed by atoms with E-state index < -0.39 is 0 Å². The lowest BCUT2D eigenvalue weighted by atomic mass is 10.2. The molecule has 20 heavy (non-hydrogen) atoms. The highest BCUT2D eigenvalue weighted by Crippen LogP contribution is 2.26. The number of hydrogen-bond acceptors (Lipinski definition) is 2. The van der Waals surface area contributed by atoms with Crippen molar-refractivity contribution < 1.29 is 4.79 Å². The van der Waals surface area contributed by atoms with Gasteiger partial charge >= 0.3 is 0 Å².